The first-order valence-corrected chi connectivity index (χ1v) is 8.91. The van der Waals surface area contributed by atoms with E-state index in [-0.39, 0.29) is 24.3 Å². The fourth-order valence-corrected chi connectivity index (χ4v) is 3.28. The summed E-state index contributed by atoms with van der Waals surface area (Å²) in [6.45, 7) is 5.50. The summed E-state index contributed by atoms with van der Waals surface area (Å²) in [7, 11) is 1.34. The third-order valence-electron chi connectivity index (χ3n) is 5.04. The van der Waals surface area contributed by atoms with Crippen LogP contribution in [0.25, 0.3) is 5.69 Å². The molecule has 1 aliphatic rings. The van der Waals surface area contributed by atoms with Crippen LogP contribution in [0, 0.1) is 25.7 Å². The number of benzene rings is 1. The summed E-state index contributed by atoms with van der Waals surface area (Å²) in [6.07, 6.45) is 0.836. The molecule has 0 aliphatic heterocycles. The number of methoxy groups -OCH3 is 1. The molecule has 0 spiro atoms. The van der Waals surface area contributed by atoms with Crippen LogP contribution in [-0.2, 0) is 14.3 Å². The van der Waals surface area contributed by atoms with E-state index in [4.69, 9.17) is 9.47 Å². The Hall–Kier alpha value is -2.89. The number of carbonyl (C=O) groups is 3. The lowest BCUT2D eigenvalue weighted by Crippen LogP contribution is -2.16. The highest BCUT2D eigenvalue weighted by Gasteiger charge is 2.40. The highest BCUT2D eigenvalue weighted by molar-refractivity contribution is 5.99. The summed E-state index contributed by atoms with van der Waals surface area (Å²) in [5.41, 5.74) is 3.46. The second-order valence-electron chi connectivity index (χ2n) is 7.01. The molecule has 1 fully saturated rings. The van der Waals surface area contributed by atoms with E-state index in [1.807, 2.05) is 25.3 Å². The summed E-state index contributed by atoms with van der Waals surface area (Å²) in [5, 5.41) is 0. The van der Waals surface area contributed by atoms with Crippen molar-refractivity contribution in [2.45, 2.75) is 27.2 Å². The maximum absolute atomic E-state index is 12.5. The van der Waals surface area contributed by atoms with Gasteiger partial charge in [-0.3, -0.25) is 9.59 Å². The van der Waals surface area contributed by atoms with Crippen LogP contribution < -0.4 is 0 Å². The number of aryl methyl sites for hydroxylation is 1. The Morgan fingerprint density at radius 2 is 1.78 bits per heavy atom. The molecule has 1 heterocycles. The second-order valence-corrected chi connectivity index (χ2v) is 7.01. The van der Waals surface area contributed by atoms with Crippen molar-refractivity contribution in [1.82, 2.24) is 4.57 Å². The molecule has 1 aromatic carbocycles. The number of aromatic nitrogens is 1. The molecule has 0 amide bonds. The van der Waals surface area contributed by atoms with Gasteiger partial charge in [0.2, 0.25) is 5.78 Å². The largest absolute Gasteiger partial charge is 0.465 e. The number of esters is 2. The lowest BCUT2D eigenvalue weighted by Gasteiger charge is -2.10. The van der Waals surface area contributed by atoms with Crippen molar-refractivity contribution < 1.29 is 23.9 Å². The maximum atomic E-state index is 12.5. The van der Waals surface area contributed by atoms with Gasteiger partial charge in [-0.2, -0.15) is 0 Å². The minimum Gasteiger partial charge on any atom is -0.465 e. The van der Waals surface area contributed by atoms with Crippen LogP contribution >= 0.6 is 0 Å². The Labute approximate surface area is 158 Å². The van der Waals surface area contributed by atoms with Crippen molar-refractivity contribution in [2.24, 2.45) is 11.8 Å². The summed E-state index contributed by atoms with van der Waals surface area (Å²) in [5.74, 6) is -0.611. The summed E-state index contributed by atoms with van der Waals surface area (Å²) in [6, 6.07) is 8.75. The van der Waals surface area contributed by atoms with E-state index < -0.39 is 5.97 Å². The number of hydrogen-bond acceptors (Lipinski definition) is 5. The third kappa shape index (κ3) is 3.79. The third-order valence-corrected chi connectivity index (χ3v) is 5.04. The van der Waals surface area contributed by atoms with Gasteiger partial charge in [0.25, 0.3) is 0 Å². The minimum atomic E-state index is -0.398. The molecule has 27 heavy (non-hydrogen) atoms. The molecule has 0 saturated heterocycles. The van der Waals surface area contributed by atoms with Crippen LogP contribution in [0.15, 0.2) is 30.3 Å². The zero-order valence-corrected chi connectivity index (χ0v) is 15.9. The molecule has 0 bridgehead atoms. The first-order chi connectivity index (χ1) is 12.8. The van der Waals surface area contributed by atoms with E-state index in [1.165, 1.54) is 7.11 Å². The van der Waals surface area contributed by atoms with Gasteiger partial charge in [0.05, 0.1) is 18.6 Å². The Balaban J connectivity index is 1.76. The van der Waals surface area contributed by atoms with E-state index in [2.05, 4.69) is 0 Å². The van der Waals surface area contributed by atoms with Crippen LogP contribution in [0.4, 0.5) is 0 Å². The number of rotatable bonds is 6. The fourth-order valence-electron chi connectivity index (χ4n) is 3.28. The molecule has 1 aliphatic carbocycles. The van der Waals surface area contributed by atoms with Gasteiger partial charge in [0.1, 0.15) is 0 Å². The van der Waals surface area contributed by atoms with Crippen LogP contribution in [-0.4, -0.2) is 36.0 Å². The van der Waals surface area contributed by atoms with Crippen molar-refractivity contribution >= 4 is 17.7 Å². The van der Waals surface area contributed by atoms with Crippen molar-refractivity contribution in [3.63, 3.8) is 0 Å². The predicted molar refractivity (Wildman–Crippen MR) is 99.1 cm³/mol. The van der Waals surface area contributed by atoms with E-state index >= 15 is 0 Å². The molecule has 142 valence electrons. The zero-order chi connectivity index (χ0) is 19.7. The molecule has 0 N–H and O–H groups in total. The van der Waals surface area contributed by atoms with Crippen LogP contribution in [0.3, 0.4) is 0 Å². The number of Topliss-reactive ketones (excluding diaryl/α,β-unsaturated/α-hetero) is 1. The van der Waals surface area contributed by atoms with Crippen LogP contribution in [0.2, 0.25) is 0 Å². The van der Waals surface area contributed by atoms with Crippen molar-refractivity contribution in [3.8, 4) is 5.69 Å². The molecule has 1 saturated carbocycles. The number of ketones is 1. The second kappa shape index (κ2) is 7.39. The van der Waals surface area contributed by atoms with Gasteiger partial charge in [-0.15, -0.1) is 0 Å². The smallest absolute Gasteiger partial charge is 0.337 e. The first kappa shape index (κ1) is 18.9. The van der Waals surface area contributed by atoms with Crippen molar-refractivity contribution in [3.05, 3.63) is 52.8 Å². The molecule has 0 radical (unpaired) electrons. The average molecular weight is 369 g/mol. The summed E-state index contributed by atoms with van der Waals surface area (Å²) < 4.78 is 11.8. The van der Waals surface area contributed by atoms with Crippen LogP contribution in [0.1, 0.15) is 45.4 Å². The molecule has 2 atom stereocenters. The van der Waals surface area contributed by atoms with Gasteiger partial charge in [0.15, 0.2) is 6.61 Å². The molecule has 6 heteroatoms. The summed E-state index contributed by atoms with van der Waals surface area (Å²) in [4.78, 5) is 35.9. The van der Waals surface area contributed by atoms with E-state index in [0.717, 1.165) is 23.5 Å². The van der Waals surface area contributed by atoms with Gasteiger partial charge in [-0.25, -0.2) is 4.79 Å². The Morgan fingerprint density at radius 3 is 2.33 bits per heavy atom. The first-order valence-electron chi connectivity index (χ1n) is 8.91. The normalized spacial score (nSPS) is 18.1. The van der Waals surface area contributed by atoms with Crippen molar-refractivity contribution in [1.29, 1.82) is 0 Å². The molecule has 1 aromatic heterocycles. The van der Waals surface area contributed by atoms with Crippen molar-refractivity contribution in [2.75, 3.05) is 13.7 Å². The Bertz CT molecular complexity index is 894. The SMILES string of the molecule is COC(=O)c1ccc(-n2c(C)cc(C(=O)COC(=O)C3CC3C)c2C)cc1. The number of hydrogen-bond donors (Lipinski definition) is 0. The van der Waals surface area contributed by atoms with E-state index in [9.17, 15) is 14.4 Å². The number of nitrogens with zero attached hydrogens (tertiary/aromatic N) is 1. The maximum Gasteiger partial charge on any atom is 0.337 e. The molecular formula is C21H23NO5. The number of ether oxygens (including phenoxy) is 2. The quantitative estimate of drug-likeness (QED) is 0.577. The minimum absolute atomic E-state index is 0.0569. The molecular weight excluding hydrogens is 346 g/mol. The standard InChI is InChI=1S/C21H23NO5/c1-12-9-17(12)21(25)27-11-19(23)18-10-13(2)22(14(18)3)16-7-5-15(6-8-16)20(24)26-4/h5-8,10,12,17H,9,11H2,1-4H3. The zero-order valence-electron chi connectivity index (χ0n) is 15.9. The number of carbonyl (C=O) groups excluding carboxylic acids is 3. The Morgan fingerprint density at radius 1 is 1.15 bits per heavy atom. The monoisotopic (exact) mass is 369 g/mol. The van der Waals surface area contributed by atoms with Gasteiger partial charge in [-0.1, -0.05) is 6.92 Å². The van der Waals surface area contributed by atoms with E-state index in [0.29, 0.717) is 17.0 Å². The lowest BCUT2D eigenvalue weighted by molar-refractivity contribution is -0.144. The topological polar surface area (TPSA) is 74.6 Å². The van der Waals surface area contributed by atoms with Gasteiger partial charge >= 0.3 is 11.9 Å². The van der Waals surface area contributed by atoms with Gasteiger partial charge in [0, 0.05) is 22.6 Å². The predicted octanol–water partition coefficient (Wildman–Crippen LogP) is 3.26. The molecule has 3 rings (SSSR count). The Kier molecular flexibility index (Phi) is 5.17. The fraction of sp³-hybridized carbons (Fsp3) is 0.381. The molecule has 2 aromatic rings. The molecule has 2 unspecified atom stereocenters. The van der Waals surface area contributed by atoms with Gasteiger partial charge in [-0.05, 0) is 56.5 Å². The highest BCUT2D eigenvalue weighted by atomic mass is 16.5. The molecule has 6 nitrogen and oxygen atoms in total. The van der Waals surface area contributed by atoms with Gasteiger partial charge < -0.3 is 14.0 Å². The van der Waals surface area contributed by atoms with Crippen LogP contribution in [0.5, 0.6) is 0 Å². The average Bonchev–Trinajstić information content (AvgIpc) is 3.32. The lowest BCUT2D eigenvalue weighted by atomic mass is 10.1. The van der Waals surface area contributed by atoms with E-state index in [1.54, 1.807) is 30.3 Å². The summed E-state index contributed by atoms with van der Waals surface area (Å²) >= 11 is 0. The highest BCUT2D eigenvalue weighted by Crippen LogP contribution is 2.38.